The largest absolute Gasteiger partial charge is 0.322 e. The zero-order valence-corrected chi connectivity index (χ0v) is 9.69. The topological polar surface area (TPSA) is 60.9 Å². The molecule has 1 heterocycles. The van der Waals surface area contributed by atoms with Crippen LogP contribution in [0, 0.1) is 6.92 Å². The summed E-state index contributed by atoms with van der Waals surface area (Å²) in [5.41, 5.74) is 7.42. The summed E-state index contributed by atoms with van der Waals surface area (Å²) in [6.07, 6.45) is 0. The third-order valence-electron chi connectivity index (χ3n) is 2.76. The average Bonchev–Trinajstić information content (AvgIpc) is 2.22. The van der Waals surface area contributed by atoms with Crippen LogP contribution >= 0.6 is 0 Å². The minimum Gasteiger partial charge on any atom is -0.322 e. The van der Waals surface area contributed by atoms with E-state index in [0.29, 0.717) is 11.2 Å². The van der Waals surface area contributed by atoms with Crippen molar-refractivity contribution in [2.24, 2.45) is 12.8 Å². The highest BCUT2D eigenvalue weighted by Crippen LogP contribution is 2.14. The molecule has 1 aromatic carbocycles. The van der Waals surface area contributed by atoms with Gasteiger partial charge in [0.15, 0.2) is 0 Å². The summed E-state index contributed by atoms with van der Waals surface area (Å²) in [7, 11) is 1.71. The minimum atomic E-state index is -0.248. The molecule has 0 aliphatic rings. The average molecular weight is 217 g/mol. The number of aryl methyl sites for hydroxylation is 1. The number of nitrogens with zero attached hydrogens (tertiary/aromatic N) is 2. The predicted molar refractivity (Wildman–Crippen MR) is 64.3 cm³/mol. The van der Waals surface area contributed by atoms with Gasteiger partial charge in [0.25, 0.3) is 5.56 Å². The van der Waals surface area contributed by atoms with Gasteiger partial charge in [-0.1, -0.05) is 12.1 Å². The van der Waals surface area contributed by atoms with Crippen LogP contribution in [0.15, 0.2) is 23.0 Å². The summed E-state index contributed by atoms with van der Waals surface area (Å²) in [6, 6.07) is 5.41. The van der Waals surface area contributed by atoms with Crippen LogP contribution in [-0.2, 0) is 7.05 Å². The molecule has 0 bridgehead atoms. The molecule has 0 unspecified atom stereocenters. The Morgan fingerprint density at radius 2 is 2.12 bits per heavy atom. The number of benzene rings is 1. The van der Waals surface area contributed by atoms with Crippen molar-refractivity contribution in [2.45, 2.75) is 19.9 Å². The van der Waals surface area contributed by atoms with E-state index in [-0.39, 0.29) is 11.6 Å². The molecular weight excluding hydrogens is 202 g/mol. The van der Waals surface area contributed by atoms with Crippen LogP contribution < -0.4 is 11.3 Å². The Morgan fingerprint density at radius 3 is 2.75 bits per heavy atom. The summed E-state index contributed by atoms with van der Waals surface area (Å²) in [4.78, 5) is 16.6. The third kappa shape index (κ3) is 1.51. The maximum atomic E-state index is 12.1. The van der Waals surface area contributed by atoms with Crippen LogP contribution in [-0.4, -0.2) is 9.55 Å². The van der Waals surface area contributed by atoms with Gasteiger partial charge < -0.3 is 5.73 Å². The van der Waals surface area contributed by atoms with Crippen LogP contribution in [0.5, 0.6) is 0 Å². The molecule has 1 aromatic heterocycles. The maximum absolute atomic E-state index is 12.1. The molecule has 0 spiro atoms. The van der Waals surface area contributed by atoms with E-state index in [1.54, 1.807) is 7.05 Å². The van der Waals surface area contributed by atoms with E-state index in [1.807, 2.05) is 32.0 Å². The van der Waals surface area contributed by atoms with Gasteiger partial charge in [0.2, 0.25) is 0 Å². The maximum Gasteiger partial charge on any atom is 0.261 e. The fourth-order valence-corrected chi connectivity index (χ4v) is 1.90. The molecule has 2 N–H and O–H groups in total. The lowest BCUT2D eigenvalue weighted by Crippen LogP contribution is -2.26. The molecule has 1 atom stereocenters. The molecule has 0 saturated carbocycles. The second-order valence-corrected chi connectivity index (χ2v) is 4.09. The molecule has 0 aliphatic heterocycles. The molecule has 2 aromatic rings. The number of hydrogen-bond donors (Lipinski definition) is 1. The summed E-state index contributed by atoms with van der Waals surface area (Å²) in [6.45, 7) is 3.74. The summed E-state index contributed by atoms with van der Waals surface area (Å²) >= 11 is 0. The summed E-state index contributed by atoms with van der Waals surface area (Å²) in [5.74, 6) is 0.614. The SMILES string of the molecule is Cc1cccc2nc([C@H](C)N)n(C)c(=O)c12. The van der Waals surface area contributed by atoms with Crippen molar-refractivity contribution in [2.75, 3.05) is 0 Å². The zero-order chi connectivity index (χ0) is 11.9. The lowest BCUT2D eigenvalue weighted by atomic mass is 10.1. The van der Waals surface area contributed by atoms with Gasteiger partial charge >= 0.3 is 0 Å². The van der Waals surface area contributed by atoms with E-state index in [4.69, 9.17) is 5.73 Å². The zero-order valence-electron chi connectivity index (χ0n) is 9.69. The first kappa shape index (κ1) is 10.8. The highest BCUT2D eigenvalue weighted by atomic mass is 16.1. The number of fused-ring (bicyclic) bond motifs is 1. The Hall–Kier alpha value is -1.68. The third-order valence-corrected chi connectivity index (χ3v) is 2.76. The lowest BCUT2D eigenvalue weighted by molar-refractivity contribution is 0.656. The van der Waals surface area contributed by atoms with Gasteiger partial charge in [-0.15, -0.1) is 0 Å². The molecule has 16 heavy (non-hydrogen) atoms. The minimum absolute atomic E-state index is 0.0320. The molecule has 0 radical (unpaired) electrons. The van der Waals surface area contributed by atoms with Gasteiger partial charge in [-0.25, -0.2) is 4.98 Å². The van der Waals surface area contributed by atoms with Crippen molar-refractivity contribution in [3.8, 4) is 0 Å². The van der Waals surface area contributed by atoms with Gasteiger partial charge in [0.1, 0.15) is 5.82 Å². The normalized spacial score (nSPS) is 13.0. The number of rotatable bonds is 1. The standard InChI is InChI=1S/C12H15N3O/c1-7-5-4-6-9-10(7)12(16)15(3)11(14-9)8(2)13/h4-6,8H,13H2,1-3H3/t8-/m0/s1. The quantitative estimate of drug-likeness (QED) is 0.782. The van der Waals surface area contributed by atoms with Gasteiger partial charge in [-0.3, -0.25) is 9.36 Å². The van der Waals surface area contributed by atoms with E-state index in [2.05, 4.69) is 4.98 Å². The molecule has 84 valence electrons. The molecular formula is C12H15N3O. The number of aromatic nitrogens is 2. The first-order valence-corrected chi connectivity index (χ1v) is 5.24. The molecule has 0 amide bonds. The van der Waals surface area contributed by atoms with Crippen molar-refractivity contribution in [3.63, 3.8) is 0 Å². The van der Waals surface area contributed by atoms with Crippen LogP contribution in [0.2, 0.25) is 0 Å². The Bertz CT molecular complexity index is 599. The second kappa shape index (κ2) is 3.72. The first-order valence-electron chi connectivity index (χ1n) is 5.24. The summed E-state index contributed by atoms with van der Waals surface area (Å²) < 4.78 is 1.53. The van der Waals surface area contributed by atoms with Crippen molar-refractivity contribution in [3.05, 3.63) is 39.9 Å². The number of hydrogen-bond acceptors (Lipinski definition) is 3. The highest BCUT2D eigenvalue weighted by Gasteiger charge is 2.12. The summed E-state index contributed by atoms with van der Waals surface area (Å²) in [5, 5.41) is 0.675. The molecule has 0 saturated heterocycles. The van der Waals surface area contributed by atoms with E-state index >= 15 is 0 Å². The van der Waals surface area contributed by atoms with Gasteiger partial charge in [0.05, 0.1) is 16.9 Å². The fraction of sp³-hybridized carbons (Fsp3) is 0.333. The monoisotopic (exact) mass is 217 g/mol. The Morgan fingerprint density at radius 1 is 1.44 bits per heavy atom. The molecule has 2 rings (SSSR count). The molecule has 4 nitrogen and oxygen atoms in total. The first-order chi connectivity index (χ1) is 7.52. The molecule has 4 heteroatoms. The van der Waals surface area contributed by atoms with Gasteiger partial charge in [0, 0.05) is 7.05 Å². The van der Waals surface area contributed by atoms with Crippen LogP contribution in [0.25, 0.3) is 10.9 Å². The van der Waals surface area contributed by atoms with E-state index in [1.165, 1.54) is 4.57 Å². The van der Waals surface area contributed by atoms with Crippen molar-refractivity contribution in [1.82, 2.24) is 9.55 Å². The van der Waals surface area contributed by atoms with Crippen molar-refractivity contribution < 1.29 is 0 Å². The van der Waals surface area contributed by atoms with E-state index < -0.39 is 0 Å². The molecule has 0 fully saturated rings. The van der Waals surface area contributed by atoms with E-state index in [0.717, 1.165) is 11.1 Å². The highest BCUT2D eigenvalue weighted by molar-refractivity contribution is 5.81. The number of nitrogens with two attached hydrogens (primary N) is 1. The van der Waals surface area contributed by atoms with E-state index in [9.17, 15) is 4.79 Å². The van der Waals surface area contributed by atoms with Gasteiger partial charge in [-0.05, 0) is 25.5 Å². The van der Waals surface area contributed by atoms with Gasteiger partial charge in [-0.2, -0.15) is 0 Å². The van der Waals surface area contributed by atoms with Crippen LogP contribution in [0.1, 0.15) is 24.4 Å². The fourth-order valence-electron chi connectivity index (χ4n) is 1.90. The van der Waals surface area contributed by atoms with Crippen LogP contribution in [0.3, 0.4) is 0 Å². The predicted octanol–water partition coefficient (Wildman–Crippen LogP) is 1.26. The second-order valence-electron chi connectivity index (χ2n) is 4.09. The Labute approximate surface area is 93.7 Å². The smallest absolute Gasteiger partial charge is 0.261 e. The van der Waals surface area contributed by atoms with Crippen molar-refractivity contribution >= 4 is 10.9 Å². The lowest BCUT2D eigenvalue weighted by Gasteiger charge is -2.12. The molecule has 0 aliphatic carbocycles. The Balaban J connectivity index is 2.95. The van der Waals surface area contributed by atoms with Crippen LogP contribution in [0.4, 0.5) is 0 Å². The van der Waals surface area contributed by atoms with Crippen molar-refractivity contribution in [1.29, 1.82) is 0 Å². The Kier molecular flexibility index (Phi) is 2.52.